The predicted octanol–water partition coefficient (Wildman–Crippen LogP) is 3.07. The van der Waals surface area contributed by atoms with E-state index in [0.29, 0.717) is 18.5 Å². The Bertz CT molecular complexity index is 416. The molecule has 0 bridgehead atoms. The maximum atomic E-state index is 5.91. The number of hydrogen-bond acceptors (Lipinski definition) is 2. The van der Waals surface area contributed by atoms with E-state index in [1.807, 2.05) is 12.1 Å². The number of aliphatic imine (C=N–C) groups is 1. The van der Waals surface area contributed by atoms with E-state index in [0.717, 1.165) is 18.8 Å². The Labute approximate surface area is 139 Å². The molecule has 0 amide bonds. The largest absolute Gasteiger partial charge is 0.370 e. The van der Waals surface area contributed by atoms with Crippen molar-refractivity contribution in [2.75, 3.05) is 25.0 Å². The number of halogens is 1. The molecule has 3 N–H and O–H groups in total. The molecule has 0 aliphatic heterocycles. The second-order valence-corrected chi connectivity index (χ2v) is 4.79. The van der Waals surface area contributed by atoms with Gasteiger partial charge in [0.05, 0.1) is 6.54 Å². The molecule has 114 valence electrons. The third kappa shape index (κ3) is 6.56. The standard InChI is InChI=1S/C15H26N4.HI/c1-5-19(6-2)13(4)11-17-15(16)18-14-9-7-8-12(3)10-14;/h7-10,13H,5-6,11H2,1-4H3,(H3,16,17,18);1H. The minimum Gasteiger partial charge on any atom is -0.370 e. The van der Waals surface area contributed by atoms with Crippen LogP contribution in [0.4, 0.5) is 5.69 Å². The lowest BCUT2D eigenvalue weighted by atomic mass is 10.2. The van der Waals surface area contributed by atoms with E-state index in [4.69, 9.17) is 5.73 Å². The molecule has 1 aromatic carbocycles. The zero-order chi connectivity index (χ0) is 14.3. The fourth-order valence-electron chi connectivity index (χ4n) is 2.10. The fraction of sp³-hybridized carbons (Fsp3) is 0.533. The van der Waals surface area contributed by atoms with Gasteiger partial charge in [-0.1, -0.05) is 26.0 Å². The van der Waals surface area contributed by atoms with Gasteiger partial charge in [0.25, 0.3) is 0 Å². The Morgan fingerprint density at radius 3 is 2.55 bits per heavy atom. The summed E-state index contributed by atoms with van der Waals surface area (Å²) in [5.41, 5.74) is 8.09. The molecule has 0 aromatic heterocycles. The number of benzene rings is 1. The van der Waals surface area contributed by atoms with Crippen molar-refractivity contribution < 1.29 is 0 Å². The first kappa shape index (κ1) is 19.2. The summed E-state index contributed by atoms with van der Waals surface area (Å²) in [4.78, 5) is 6.77. The van der Waals surface area contributed by atoms with Crippen LogP contribution in [0.5, 0.6) is 0 Å². The lowest BCUT2D eigenvalue weighted by molar-refractivity contribution is 0.237. The van der Waals surface area contributed by atoms with Crippen molar-refractivity contribution in [2.45, 2.75) is 33.7 Å². The van der Waals surface area contributed by atoms with Crippen LogP contribution < -0.4 is 11.1 Å². The van der Waals surface area contributed by atoms with Gasteiger partial charge >= 0.3 is 0 Å². The third-order valence-electron chi connectivity index (χ3n) is 3.25. The maximum Gasteiger partial charge on any atom is 0.193 e. The summed E-state index contributed by atoms with van der Waals surface area (Å²) in [5, 5.41) is 3.12. The smallest absolute Gasteiger partial charge is 0.193 e. The number of nitrogens with one attached hydrogen (secondary N) is 1. The monoisotopic (exact) mass is 390 g/mol. The Kier molecular flexibility index (Phi) is 9.58. The Hall–Kier alpha value is -0.820. The second kappa shape index (κ2) is 9.99. The molecular formula is C15H27IN4. The van der Waals surface area contributed by atoms with E-state index in [9.17, 15) is 0 Å². The number of likely N-dealkylation sites (N-methyl/N-ethyl adjacent to an activating group) is 1. The quantitative estimate of drug-likeness (QED) is 0.446. The highest BCUT2D eigenvalue weighted by molar-refractivity contribution is 14.0. The molecule has 0 saturated carbocycles. The van der Waals surface area contributed by atoms with Crippen molar-refractivity contribution in [3.63, 3.8) is 0 Å². The van der Waals surface area contributed by atoms with Crippen LogP contribution in [0.1, 0.15) is 26.3 Å². The first-order valence-corrected chi connectivity index (χ1v) is 6.94. The van der Waals surface area contributed by atoms with E-state index in [1.165, 1.54) is 5.56 Å². The van der Waals surface area contributed by atoms with Gasteiger partial charge < -0.3 is 11.1 Å². The van der Waals surface area contributed by atoms with Crippen LogP contribution in [0.3, 0.4) is 0 Å². The molecule has 1 rings (SSSR count). The Morgan fingerprint density at radius 1 is 1.35 bits per heavy atom. The van der Waals surface area contributed by atoms with E-state index in [2.05, 4.69) is 55.0 Å². The van der Waals surface area contributed by atoms with Crippen molar-refractivity contribution in [2.24, 2.45) is 10.7 Å². The van der Waals surface area contributed by atoms with Gasteiger partial charge in [0, 0.05) is 11.7 Å². The van der Waals surface area contributed by atoms with E-state index < -0.39 is 0 Å². The second-order valence-electron chi connectivity index (χ2n) is 4.79. The summed E-state index contributed by atoms with van der Waals surface area (Å²) in [5.74, 6) is 0.476. The van der Waals surface area contributed by atoms with E-state index >= 15 is 0 Å². The van der Waals surface area contributed by atoms with Crippen LogP contribution in [0.15, 0.2) is 29.3 Å². The zero-order valence-electron chi connectivity index (χ0n) is 12.9. The molecule has 0 fully saturated rings. The molecule has 1 aromatic rings. The molecule has 4 nitrogen and oxygen atoms in total. The first-order chi connectivity index (χ1) is 9.06. The normalized spacial score (nSPS) is 12.9. The van der Waals surface area contributed by atoms with Gasteiger partial charge in [0.2, 0.25) is 0 Å². The van der Waals surface area contributed by atoms with Crippen LogP contribution >= 0.6 is 24.0 Å². The Morgan fingerprint density at radius 2 is 2.00 bits per heavy atom. The van der Waals surface area contributed by atoms with Crippen molar-refractivity contribution in [1.82, 2.24) is 4.90 Å². The summed E-state index contributed by atoms with van der Waals surface area (Å²) >= 11 is 0. The highest BCUT2D eigenvalue weighted by Gasteiger charge is 2.08. The van der Waals surface area contributed by atoms with E-state index in [1.54, 1.807) is 0 Å². The molecule has 1 unspecified atom stereocenters. The molecule has 0 spiro atoms. The Balaban J connectivity index is 0.00000361. The summed E-state index contributed by atoms with van der Waals surface area (Å²) in [7, 11) is 0. The van der Waals surface area contributed by atoms with Gasteiger partial charge in [-0.3, -0.25) is 9.89 Å². The molecule has 5 heteroatoms. The van der Waals surface area contributed by atoms with Crippen LogP contribution in [-0.2, 0) is 0 Å². The highest BCUT2D eigenvalue weighted by atomic mass is 127. The van der Waals surface area contributed by atoms with Gasteiger partial charge in [-0.25, -0.2) is 0 Å². The van der Waals surface area contributed by atoms with Crippen LogP contribution in [-0.4, -0.2) is 36.5 Å². The highest BCUT2D eigenvalue weighted by Crippen LogP contribution is 2.08. The van der Waals surface area contributed by atoms with Crippen molar-refractivity contribution >= 4 is 35.6 Å². The third-order valence-corrected chi connectivity index (χ3v) is 3.25. The van der Waals surface area contributed by atoms with Gasteiger partial charge in [-0.15, -0.1) is 24.0 Å². The summed E-state index contributed by atoms with van der Waals surface area (Å²) in [6.45, 7) is 11.4. The van der Waals surface area contributed by atoms with Gasteiger partial charge in [-0.2, -0.15) is 0 Å². The number of rotatable bonds is 6. The van der Waals surface area contributed by atoms with Gasteiger partial charge in [-0.05, 0) is 44.6 Å². The number of nitrogens with zero attached hydrogens (tertiary/aromatic N) is 2. The van der Waals surface area contributed by atoms with Crippen LogP contribution in [0.2, 0.25) is 0 Å². The number of guanidine groups is 1. The van der Waals surface area contributed by atoms with Gasteiger partial charge in [0.1, 0.15) is 0 Å². The maximum absolute atomic E-state index is 5.91. The topological polar surface area (TPSA) is 53.6 Å². The van der Waals surface area contributed by atoms with Crippen LogP contribution in [0, 0.1) is 6.92 Å². The summed E-state index contributed by atoms with van der Waals surface area (Å²) < 4.78 is 0. The minimum atomic E-state index is 0. The number of nitrogens with two attached hydrogens (primary N) is 1. The molecule has 0 saturated heterocycles. The lowest BCUT2D eigenvalue weighted by Gasteiger charge is -2.24. The fourth-order valence-corrected chi connectivity index (χ4v) is 2.10. The molecule has 0 radical (unpaired) electrons. The SMILES string of the molecule is CCN(CC)C(C)CN=C(N)Nc1cccc(C)c1.I. The lowest BCUT2D eigenvalue weighted by Crippen LogP contribution is -2.36. The summed E-state index contributed by atoms with van der Waals surface area (Å²) in [6, 6.07) is 8.51. The van der Waals surface area contributed by atoms with Crippen molar-refractivity contribution in [1.29, 1.82) is 0 Å². The van der Waals surface area contributed by atoms with E-state index in [-0.39, 0.29) is 24.0 Å². The zero-order valence-corrected chi connectivity index (χ0v) is 15.2. The van der Waals surface area contributed by atoms with Crippen molar-refractivity contribution in [3.8, 4) is 0 Å². The van der Waals surface area contributed by atoms with Gasteiger partial charge in [0.15, 0.2) is 5.96 Å². The summed E-state index contributed by atoms with van der Waals surface area (Å²) in [6.07, 6.45) is 0. The molecular weight excluding hydrogens is 363 g/mol. The number of hydrogen-bond donors (Lipinski definition) is 2. The predicted molar refractivity (Wildman–Crippen MR) is 99.1 cm³/mol. The molecule has 0 aliphatic rings. The van der Waals surface area contributed by atoms with Crippen molar-refractivity contribution in [3.05, 3.63) is 29.8 Å². The molecule has 0 heterocycles. The minimum absolute atomic E-state index is 0. The first-order valence-electron chi connectivity index (χ1n) is 6.94. The van der Waals surface area contributed by atoms with Crippen LogP contribution in [0.25, 0.3) is 0 Å². The number of anilines is 1. The number of aryl methyl sites for hydroxylation is 1. The average Bonchev–Trinajstić information content (AvgIpc) is 2.38. The molecule has 0 aliphatic carbocycles. The molecule has 1 atom stereocenters. The average molecular weight is 390 g/mol. The molecule has 20 heavy (non-hydrogen) atoms.